The number of alkyl halides is 2. The van der Waals surface area contributed by atoms with Gasteiger partial charge in [-0.25, -0.2) is 13.8 Å². The van der Waals surface area contributed by atoms with Crippen LogP contribution in [0.25, 0.3) is 0 Å². The fourth-order valence-electron chi connectivity index (χ4n) is 0.812. The van der Waals surface area contributed by atoms with Crippen molar-refractivity contribution in [2.75, 3.05) is 0 Å². The Morgan fingerprint density at radius 1 is 1.46 bits per heavy atom. The Kier molecular flexibility index (Phi) is 3.75. The average molecular weight is 316 g/mol. The summed E-state index contributed by atoms with van der Waals surface area (Å²) in [6.45, 7) is 0.211. The lowest BCUT2D eigenvalue weighted by Crippen LogP contribution is -2.03. The maximum atomic E-state index is 12.3. The topological polar surface area (TPSA) is 38.9 Å². The number of nitrogens with two attached hydrogens (primary N) is 1. The van der Waals surface area contributed by atoms with Gasteiger partial charge in [-0.15, -0.1) is 0 Å². The van der Waals surface area contributed by atoms with Gasteiger partial charge >= 0.3 is 0 Å². The predicted molar refractivity (Wildman–Crippen MR) is 52.5 cm³/mol. The normalized spacial score (nSPS) is 10.9. The quantitative estimate of drug-likeness (QED) is 0.852. The minimum Gasteiger partial charge on any atom is -0.325 e. The van der Waals surface area contributed by atoms with Crippen LogP contribution in [0.1, 0.15) is 17.7 Å². The smallest absolute Gasteiger partial charge is 0.266 e. The van der Waals surface area contributed by atoms with E-state index in [1.807, 2.05) is 0 Å². The maximum Gasteiger partial charge on any atom is 0.266 e. The molecule has 0 radical (unpaired) electrons. The Morgan fingerprint density at radius 3 is 2.54 bits per heavy atom. The summed E-state index contributed by atoms with van der Waals surface area (Å²) in [4.78, 5) is 3.88. The highest BCUT2D eigenvalue weighted by Crippen LogP contribution is 2.29. The Balaban J connectivity index is 3.20. The summed E-state index contributed by atoms with van der Waals surface area (Å²) in [6, 6.07) is 1.32. The lowest BCUT2D eigenvalue weighted by atomic mass is 10.2. The number of aromatic nitrogens is 1. The van der Waals surface area contributed by atoms with Crippen molar-refractivity contribution in [1.29, 1.82) is 0 Å². The van der Waals surface area contributed by atoms with Crippen LogP contribution in [0, 0.1) is 0 Å². The molecule has 1 rings (SSSR count). The van der Waals surface area contributed by atoms with Crippen LogP contribution in [-0.2, 0) is 6.54 Å². The molecule has 1 aromatic heterocycles. The average Bonchev–Trinajstić information content (AvgIpc) is 2.07. The van der Waals surface area contributed by atoms with Crippen LogP contribution < -0.4 is 5.73 Å². The molecule has 0 fully saturated rings. The number of hydrogen-bond donors (Lipinski definition) is 1. The molecule has 0 aliphatic heterocycles. The zero-order valence-electron chi connectivity index (χ0n) is 6.40. The van der Waals surface area contributed by atoms with Crippen LogP contribution in [0.5, 0.6) is 0 Å². The van der Waals surface area contributed by atoms with Crippen molar-refractivity contribution in [3.05, 3.63) is 26.4 Å². The van der Waals surface area contributed by atoms with Gasteiger partial charge in [0.1, 0.15) is 4.60 Å². The van der Waals surface area contributed by atoms with Gasteiger partial charge in [0.25, 0.3) is 6.43 Å². The van der Waals surface area contributed by atoms with Crippen molar-refractivity contribution in [1.82, 2.24) is 4.98 Å². The first-order valence-corrected chi connectivity index (χ1v) is 4.98. The molecule has 0 aromatic carbocycles. The summed E-state index contributed by atoms with van der Waals surface area (Å²) in [7, 11) is 0. The highest BCUT2D eigenvalue weighted by molar-refractivity contribution is 9.11. The molecular formula is C7H6Br2F2N2. The Morgan fingerprint density at radius 2 is 2.08 bits per heavy atom. The van der Waals surface area contributed by atoms with Crippen molar-refractivity contribution in [2.24, 2.45) is 5.73 Å². The summed E-state index contributed by atoms with van der Waals surface area (Å²) >= 11 is 6.07. The first-order valence-electron chi connectivity index (χ1n) is 3.39. The van der Waals surface area contributed by atoms with E-state index in [-0.39, 0.29) is 16.7 Å². The molecule has 0 spiro atoms. The molecule has 0 aliphatic carbocycles. The molecule has 6 heteroatoms. The molecule has 0 saturated heterocycles. The zero-order chi connectivity index (χ0) is 10.0. The minimum absolute atomic E-state index is 0.135. The predicted octanol–water partition coefficient (Wildman–Crippen LogP) is 3.00. The number of hydrogen-bond acceptors (Lipinski definition) is 2. The Labute approximate surface area is 90.8 Å². The molecule has 0 aliphatic rings. The molecule has 0 bridgehead atoms. The van der Waals surface area contributed by atoms with Gasteiger partial charge in [0.15, 0.2) is 0 Å². The van der Waals surface area contributed by atoms with Gasteiger partial charge < -0.3 is 5.73 Å². The summed E-state index contributed by atoms with van der Waals surface area (Å²) in [6.07, 6.45) is -2.54. The largest absolute Gasteiger partial charge is 0.325 e. The van der Waals surface area contributed by atoms with Gasteiger partial charge in [0, 0.05) is 11.0 Å². The molecule has 72 valence electrons. The first-order chi connectivity index (χ1) is 6.06. The molecule has 0 atom stereocenters. The van der Waals surface area contributed by atoms with Gasteiger partial charge in [-0.2, -0.15) is 0 Å². The monoisotopic (exact) mass is 314 g/mol. The van der Waals surface area contributed by atoms with Crippen molar-refractivity contribution < 1.29 is 8.78 Å². The van der Waals surface area contributed by atoms with Crippen molar-refractivity contribution >= 4 is 31.9 Å². The van der Waals surface area contributed by atoms with Crippen LogP contribution in [0.15, 0.2) is 15.1 Å². The van der Waals surface area contributed by atoms with Gasteiger partial charge in [-0.1, -0.05) is 0 Å². The van der Waals surface area contributed by atoms with Gasteiger partial charge in [0.2, 0.25) is 0 Å². The molecule has 0 amide bonds. The minimum atomic E-state index is -2.54. The van der Waals surface area contributed by atoms with E-state index in [2.05, 4.69) is 36.8 Å². The van der Waals surface area contributed by atoms with E-state index in [4.69, 9.17) is 5.73 Å². The van der Waals surface area contributed by atoms with Gasteiger partial charge in [0.05, 0.1) is 11.3 Å². The second-order valence-corrected chi connectivity index (χ2v) is 3.91. The molecule has 0 unspecified atom stereocenters. The van der Waals surface area contributed by atoms with E-state index < -0.39 is 6.43 Å². The van der Waals surface area contributed by atoms with E-state index in [9.17, 15) is 8.78 Å². The highest BCUT2D eigenvalue weighted by Gasteiger charge is 2.15. The fourth-order valence-corrected chi connectivity index (χ4v) is 1.81. The third-order valence-electron chi connectivity index (χ3n) is 1.46. The molecule has 13 heavy (non-hydrogen) atoms. The SMILES string of the molecule is NCc1nc(Br)c(C(F)F)cc1Br. The lowest BCUT2D eigenvalue weighted by Gasteiger charge is -2.06. The summed E-state index contributed by atoms with van der Waals surface area (Å²) in [5.74, 6) is 0. The standard InChI is InChI=1S/C7H6Br2F2N2/c8-4-1-3(7(10)11)6(9)13-5(4)2-12/h1,7H,2,12H2. The molecular weight excluding hydrogens is 310 g/mol. The Bertz CT molecular complexity index is 318. The van der Waals surface area contributed by atoms with E-state index in [0.717, 1.165) is 0 Å². The molecule has 0 saturated carbocycles. The number of halogens is 4. The number of pyridine rings is 1. The molecule has 2 N–H and O–H groups in total. The molecule has 2 nitrogen and oxygen atoms in total. The van der Waals surface area contributed by atoms with E-state index >= 15 is 0 Å². The van der Waals surface area contributed by atoms with Crippen LogP contribution in [0.4, 0.5) is 8.78 Å². The third kappa shape index (κ3) is 2.45. The number of nitrogens with zero attached hydrogens (tertiary/aromatic N) is 1. The van der Waals surface area contributed by atoms with Crippen LogP contribution in [-0.4, -0.2) is 4.98 Å². The first kappa shape index (κ1) is 11.0. The maximum absolute atomic E-state index is 12.3. The lowest BCUT2D eigenvalue weighted by molar-refractivity contribution is 0.150. The molecule has 1 aromatic rings. The summed E-state index contributed by atoms with van der Waals surface area (Å²) in [5, 5.41) is 0. The van der Waals surface area contributed by atoms with Crippen LogP contribution in [0.3, 0.4) is 0 Å². The summed E-state index contributed by atoms with van der Waals surface area (Å²) in [5.41, 5.74) is 5.76. The second-order valence-electron chi connectivity index (χ2n) is 2.30. The van der Waals surface area contributed by atoms with Crippen LogP contribution >= 0.6 is 31.9 Å². The van der Waals surface area contributed by atoms with Crippen molar-refractivity contribution in [3.8, 4) is 0 Å². The molecule has 1 heterocycles. The van der Waals surface area contributed by atoms with Gasteiger partial charge in [-0.3, -0.25) is 0 Å². The van der Waals surface area contributed by atoms with E-state index in [1.54, 1.807) is 0 Å². The Hall–Kier alpha value is -0.0700. The van der Waals surface area contributed by atoms with Gasteiger partial charge in [-0.05, 0) is 37.9 Å². The zero-order valence-corrected chi connectivity index (χ0v) is 9.57. The van der Waals surface area contributed by atoms with Crippen molar-refractivity contribution in [3.63, 3.8) is 0 Å². The summed E-state index contributed by atoms with van der Waals surface area (Å²) < 4.78 is 25.3. The van der Waals surface area contributed by atoms with E-state index in [0.29, 0.717) is 10.2 Å². The van der Waals surface area contributed by atoms with E-state index in [1.165, 1.54) is 6.07 Å². The number of rotatable bonds is 2. The van der Waals surface area contributed by atoms with Crippen LogP contribution in [0.2, 0.25) is 0 Å². The third-order valence-corrected chi connectivity index (χ3v) is 2.78. The highest BCUT2D eigenvalue weighted by atomic mass is 79.9. The fraction of sp³-hybridized carbons (Fsp3) is 0.286. The van der Waals surface area contributed by atoms with Crippen molar-refractivity contribution in [2.45, 2.75) is 13.0 Å². The second kappa shape index (κ2) is 4.43.